The molecule has 0 amide bonds. The van der Waals surface area contributed by atoms with Crippen molar-refractivity contribution in [3.8, 4) is 0 Å². The highest BCUT2D eigenvalue weighted by molar-refractivity contribution is 6.06. The van der Waals surface area contributed by atoms with Crippen molar-refractivity contribution < 1.29 is 33.4 Å². The fourth-order valence-electron chi connectivity index (χ4n) is 8.74. The van der Waals surface area contributed by atoms with Crippen molar-refractivity contribution in [3.05, 3.63) is 106 Å². The highest BCUT2D eigenvalue weighted by Crippen LogP contribution is 2.40. The third-order valence-electron chi connectivity index (χ3n) is 11.9. The fraction of sp³-hybridized carbons (Fsp3) is 0.472. The third kappa shape index (κ3) is 18.7. The molecular formula is C53H73N13O7. The van der Waals surface area contributed by atoms with Crippen molar-refractivity contribution in [2.75, 3.05) is 37.0 Å². The summed E-state index contributed by atoms with van der Waals surface area (Å²) >= 11 is 0. The van der Waals surface area contributed by atoms with Crippen LogP contribution in [-0.4, -0.2) is 90.9 Å². The number of amidine groups is 2. The maximum atomic E-state index is 12.0. The number of anilines is 2. The van der Waals surface area contributed by atoms with E-state index in [4.69, 9.17) is 59.9 Å². The second-order valence-corrected chi connectivity index (χ2v) is 17.7. The van der Waals surface area contributed by atoms with Gasteiger partial charge in [0.15, 0.2) is 17.5 Å². The van der Waals surface area contributed by atoms with Gasteiger partial charge in [0.2, 0.25) is 11.9 Å². The number of benzene rings is 3. The summed E-state index contributed by atoms with van der Waals surface area (Å²) < 4.78 is 14.9. The third-order valence-corrected chi connectivity index (χ3v) is 11.9. The quantitative estimate of drug-likeness (QED) is 0.0265. The number of carbonyl (C=O) groups excluding carboxylic acids is 4. The number of nitrogens with zero attached hydrogens (tertiary/aromatic N) is 6. The van der Waals surface area contributed by atoms with E-state index in [1.807, 2.05) is 35.2 Å². The predicted molar refractivity (Wildman–Crippen MR) is 286 cm³/mol. The summed E-state index contributed by atoms with van der Waals surface area (Å²) in [6.45, 7) is 12.6. The summed E-state index contributed by atoms with van der Waals surface area (Å²) in [6.07, 6.45) is 16.2. The van der Waals surface area contributed by atoms with Gasteiger partial charge in [0.25, 0.3) is 6.54 Å². The Morgan fingerprint density at radius 3 is 1.73 bits per heavy atom. The molecule has 5 aliphatic rings. The predicted octanol–water partition coefficient (Wildman–Crippen LogP) is 7.16. The Bertz CT molecular complexity index is 2510. The molecule has 0 aromatic heterocycles. The highest BCUT2D eigenvalue weighted by Gasteiger charge is 2.43. The van der Waals surface area contributed by atoms with Crippen molar-refractivity contribution in [2.24, 2.45) is 42.9 Å². The first-order chi connectivity index (χ1) is 35.1. The number of rotatable bonds is 10. The minimum Gasteiger partial charge on any atom is -0.462 e. The Morgan fingerprint density at radius 1 is 0.699 bits per heavy atom. The van der Waals surface area contributed by atoms with Crippen molar-refractivity contribution in [1.82, 2.24) is 5.32 Å². The lowest BCUT2D eigenvalue weighted by atomic mass is 9.87. The fourth-order valence-corrected chi connectivity index (χ4v) is 8.74. The Labute approximate surface area is 428 Å². The lowest BCUT2D eigenvalue weighted by molar-refractivity contribution is -0.120. The summed E-state index contributed by atoms with van der Waals surface area (Å²) in [4.78, 5) is 68.4. The standard InChI is InChI=1S/C18H24N4O2.C17H23N5O2.C9H11NO2.C6H10O.C3H5N3/c1-2-24-16(23)14-8-6-7-13(11-14)12-15-20-17(19)22-18(21-15)9-4-3-5-10-18;1-2-24-14(23)12-7-6-8-13(11-12)22-16(19)20-15(18)21-17(22)9-4-3-5-10-17;1-2-12-9(11)7-4-3-5-8(10)6-7;7-6-4-2-1-3-5-6;1-6-2-3(4)5/h6-8,11H,2-5,9-10,12H2,1H3,(H3,19,20,21,22);6-8,11H,2-5,9-10H2,1H3,(H4,18,19,20,21);3-6H,2,10H2,1H3;1-5H2;2H2,(H3,4,5). The van der Waals surface area contributed by atoms with Crippen LogP contribution in [0.2, 0.25) is 0 Å². The zero-order chi connectivity index (χ0) is 53.2. The molecule has 0 saturated heterocycles. The maximum absolute atomic E-state index is 12.0. The number of ketones is 1. The molecular weight excluding hydrogens is 931 g/mol. The number of esters is 3. The number of hydrogen-bond donors (Lipinski definition) is 7. The van der Waals surface area contributed by atoms with Gasteiger partial charge in [-0.25, -0.2) is 35.9 Å². The number of aliphatic imine (C=N–C) groups is 4. The minimum absolute atomic E-state index is 0.0278. The lowest BCUT2D eigenvalue weighted by Crippen LogP contribution is -2.58. The first-order valence-electron chi connectivity index (χ1n) is 25.0. The molecule has 3 aromatic rings. The molecule has 0 radical (unpaired) electrons. The number of nitrogen functional groups attached to an aromatic ring is 1. The Morgan fingerprint density at radius 2 is 1.22 bits per heavy atom. The largest absolute Gasteiger partial charge is 0.462 e. The normalized spacial score (nSPS) is 17.0. The van der Waals surface area contributed by atoms with Crippen LogP contribution in [0.4, 0.5) is 11.4 Å². The molecule has 392 valence electrons. The topological polar surface area (TPSA) is 319 Å². The molecule has 3 saturated carbocycles. The van der Waals surface area contributed by atoms with Crippen LogP contribution >= 0.6 is 0 Å². The molecule has 2 heterocycles. The molecule has 8 rings (SSSR count). The molecule has 12 N–H and O–H groups in total. The Kier molecular flexibility index (Phi) is 23.3. The van der Waals surface area contributed by atoms with Crippen LogP contribution in [0, 0.1) is 12.0 Å². The smallest absolute Gasteiger partial charge is 0.338 e. The average molecular weight is 1000 g/mol. The van der Waals surface area contributed by atoms with Crippen molar-refractivity contribution in [1.29, 1.82) is 5.41 Å². The monoisotopic (exact) mass is 1000 g/mol. The van der Waals surface area contributed by atoms with Crippen LogP contribution in [0.15, 0.2) is 92.8 Å². The molecule has 2 aliphatic heterocycles. The average Bonchev–Trinajstić information content (AvgIpc) is 3.35. The summed E-state index contributed by atoms with van der Waals surface area (Å²) in [5.41, 5.74) is 31.3. The number of nitrogens with two attached hydrogens (primary N) is 5. The first kappa shape index (κ1) is 57.8. The lowest BCUT2D eigenvalue weighted by Gasteiger charge is -2.45. The van der Waals surface area contributed by atoms with Gasteiger partial charge in [-0.3, -0.25) is 15.1 Å². The van der Waals surface area contributed by atoms with Gasteiger partial charge >= 0.3 is 17.9 Å². The number of hydrogen-bond acceptors (Lipinski definition) is 18. The van der Waals surface area contributed by atoms with E-state index in [1.54, 1.807) is 63.2 Å². The van der Waals surface area contributed by atoms with Crippen molar-refractivity contribution in [2.45, 2.75) is 135 Å². The van der Waals surface area contributed by atoms with Crippen LogP contribution < -0.4 is 38.9 Å². The zero-order valence-electron chi connectivity index (χ0n) is 42.5. The number of nitrogens with one attached hydrogen (secondary N) is 2. The van der Waals surface area contributed by atoms with E-state index >= 15 is 0 Å². The number of ether oxygens (including phenoxy) is 3. The summed E-state index contributed by atoms with van der Waals surface area (Å²) in [5, 5.41) is 9.53. The molecule has 3 fully saturated rings. The number of carbonyl (C=O) groups is 4. The zero-order valence-corrected chi connectivity index (χ0v) is 42.5. The van der Waals surface area contributed by atoms with Gasteiger partial charge < -0.3 is 53.0 Å². The van der Waals surface area contributed by atoms with E-state index < -0.39 is 5.66 Å². The molecule has 73 heavy (non-hydrogen) atoms. The molecule has 3 aliphatic carbocycles. The first-order valence-corrected chi connectivity index (χ1v) is 25.0. The maximum Gasteiger partial charge on any atom is 0.338 e. The Hall–Kier alpha value is -7.82. The molecule has 20 heteroatoms. The van der Waals surface area contributed by atoms with E-state index in [-0.39, 0.29) is 41.9 Å². The van der Waals surface area contributed by atoms with Gasteiger partial charge in [0, 0.05) is 30.6 Å². The van der Waals surface area contributed by atoms with Crippen molar-refractivity contribution in [3.63, 3.8) is 0 Å². The van der Waals surface area contributed by atoms with E-state index in [1.165, 1.54) is 19.3 Å². The van der Waals surface area contributed by atoms with E-state index in [0.29, 0.717) is 66.3 Å². The molecule has 0 unspecified atom stereocenters. The number of guanidine groups is 3. The van der Waals surface area contributed by atoms with E-state index in [9.17, 15) is 19.2 Å². The van der Waals surface area contributed by atoms with Crippen LogP contribution in [0.5, 0.6) is 0 Å². The summed E-state index contributed by atoms with van der Waals surface area (Å²) in [6, 6.07) is 21.4. The Balaban J connectivity index is 0.000000219. The molecule has 3 aromatic carbocycles. The van der Waals surface area contributed by atoms with Gasteiger partial charge in [0.1, 0.15) is 17.3 Å². The van der Waals surface area contributed by atoms with Gasteiger partial charge in [-0.15, -0.1) is 0 Å². The van der Waals surface area contributed by atoms with Gasteiger partial charge in [-0.2, -0.15) is 4.99 Å². The van der Waals surface area contributed by atoms with Gasteiger partial charge in [0.05, 0.1) is 36.5 Å². The minimum atomic E-state index is -0.512. The van der Waals surface area contributed by atoms with E-state index in [2.05, 4.69) is 25.1 Å². The highest BCUT2D eigenvalue weighted by atomic mass is 16.5. The van der Waals surface area contributed by atoms with E-state index in [0.717, 1.165) is 94.1 Å². The van der Waals surface area contributed by atoms with Gasteiger partial charge in [-0.1, -0.05) is 43.5 Å². The summed E-state index contributed by atoms with van der Waals surface area (Å²) in [7, 11) is 0. The molecule has 0 bridgehead atoms. The van der Waals surface area contributed by atoms with Crippen LogP contribution in [-0.2, 0) is 25.4 Å². The SMILES string of the molecule is CCOC(=O)c1cccc(CC2=NC3(CCCCC3)N=C(N)N2)c1.CCOC(=O)c1cccc(N)c1.CCOC(=O)c1cccc(N2C(N)=NC(N)=NC23CCCCC3)c1.O=C1CCCCC1.[C-]#[N+]CC(=N)N. The van der Waals surface area contributed by atoms with Gasteiger partial charge in [-0.05, 0) is 139 Å². The summed E-state index contributed by atoms with van der Waals surface area (Å²) in [5.74, 6) is 1.18. The van der Waals surface area contributed by atoms with Crippen molar-refractivity contribution >= 4 is 64.6 Å². The second-order valence-electron chi connectivity index (χ2n) is 17.7. The van der Waals surface area contributed by atoms with Crippen LogP contribution in [0.3, 0.4) is 0 Å². The molecule has 20 nitrogen and oxygen atoms in total. The second kappa shape index (κ2) is 29.5. The number of Topliss-reactive ketones (excluding diaryl/α,β-unsaturated/α-hetero) is 1. The molecule has 0 atom stereocenters. The van der Waals surface area contributed by atoms with Crippen LogP contribution in [0.25, 0.3) is 4.85 Å². The van der Waals surface area contributed by atoms with Crippen LogP contribution in [0.1, 0.15) is 154 Å². The molecule has 2 spiro atoms.